The van der Waals surface area contributed by atoms with E-state index in [9.17, 15) is 4.79 Å². The van der Waals surface area contributed by atoms with E-state index in [-0.39, 0.29) is 19.2 Å². The molecule has 0 saturated heterocycles. The van der Waals surface area contributed by atoms with Crippen LogP contribution in [0, 0.1) is 23.2 Å². The number of benzene rings is 1. The summed E-state index contributed by atoms with van der Waals surface area (Å²) in [6, 6.07) is 6.21. The van der Waals surface area contributed by atoms with Gasteiger partial charge in [-0.25, -0.2) is 0 Å². The molecule has 2 fully saturated rings. The molecule has 3 aliphatic carbocycles. The molecule has 5 atom stereocenters. The lowest BCUT2D eigenvalue weighted by atomic mass is 9.54. The Morgan fingerprint density at radius 2 is 2.15 bits per heavy atom. The highest BCUT2D eigenvalue weighted by atomic mass is 16.5. The van der Waals surface area contributed by atoms with Gasteiger partial charge in [-0.15, -0.1) is 0 Å². The van der Waals surface area contributed by atoms with E-state index in [1.165, 1.54) is 43.2 Å². The van der Waals surface area contributed by atoms with Crippen LogP contribution in [0.5, 0.6) is 5.75 Å². The molecule has 2 saturated carbocycles. The number of carbonyl (C=O) groups is 1. The van der Waals surface area contributed by atoms with Gasteiger partial charge in [0, 0.05) is 0 Å². The Labute approximate surface area is 156 Å². The number of rotatable bonds is 4. The van der Waals surface area contributed by atoms with E-state index >= 15 is 0 Å². The third kappa shape index (κ3) is 2.97. The van der Waals surface area contributed by atoms with Crippen molar-refractivity contribution < 1.29 is 14.6 Å². The highest BCUT2D eigenvalue weighted by Gasteiger charge is 2.53. The van der Waals surface area contributed by atoms with Gasteiger partial charge in [-0.1, -0.05) is 19.9 Å². The van der Waals surface area contributed by atoms with Crippen molar-refractivity contribution in [2.45, 2.75) is 58.3 Å². The molecule has 4 unspecified atom stereocenters. The maximum atomic E-state index is 11.8. The van der Waals surface area contributed by atoms with Gasteiger partial charge < -0.3 is 9.84 Å². The molecule has 0 amide bonds. The number of esters is 1. The smallest absolute Gasteiger partial charge is 0.325 e. The minimum Gasteiger partial charge on any atom is -0.426 e. The second-order valence-electron chi connectivity index (χ2n) is 8.86. The molecule has 4 rings (SSSR count). The fraction of sp³-hybridized carbons (Fsp3) is 0.682. The Bertz CT molecular complexity index is 688. The molecular formula is C22H31NO3. The van der Waals surface area contributed by atoms with Gasteiger partial charge in [0.15, 0.2) is 0 Å². The number of carbonyl (C=O) groups excluding carboxylic acids is 1. The summed E-state index contributed by atoms with van der Waals surface area (Å²) in [6.07, 6.45) is 7.82. The topological polar surface area (TPSA) is 58.6 Å². The van der Waals surface area contributed by atoms with Gasteiger partial charge >= 0.3 is 5.97 Å². The van der Waals surface area contributed by atoms with Crippen LogP contribution in [0.3, 0.4) is 0 Å². The highest BCUT2D eigenvalue weighted by molar-refractivity contribution is 5.74. The molecule has 1 aromatic carbocycles. The van der Waals surface area contributed by atoms with E-state index in [4.69, 9.17) is 9.84 Å². The molecule has 1 aromatic rings. The summed E-state index contributed by atoms with van der Waals surface area (Å²) >= 11 is 0. The van der Waals surface area contributed by atoms with E-state index in [0.717, 1.165) is 24.2 Å². The van der Waals surface area contributed by atoms with Crippen molar-refractivity contribution >= 4 is 5.97 Å². The molecule has 26 heavy (non-hydrogen) atoms. The van der Waals surface area contributed by atoms with Crippen molar-refractivity contribution in [3.63, 3.8) is 0 Å². The Hall–Kier alpha value is -1.39. The fourth-order valence-electron chi connectivity index (χ4n) is 6.21. The second kappa shape index (κ2) is 6.97. The minimum atomic E-state index is -0.360. The lowest BCUT2D eigenvalue weighted by molar-refractivity contribution is -0.133. The van der Waals surface area contributed by atoms with Crippen LogP contribution >= 0.6 is 0 Å². The molecule has 142 valence electrons. The van der Waals surface area contributed by atoms with E-state index in [0.29, 0.717) is 17.1 Å². The van der Waals surface area contributed by atoms with Crippen LogP contribution in [0.2, 0.25) is 0 Å². The molecule has 0 aromatic heterocycles. The Morgan fingerprint density at radius 3 is 2.96 bits per heavy atom. The Kier molecular flexibility index (Phi) is 4.83. The monoisotopic (exact) mass is 357 g/mol. The summed E-state index contributed by atoms with van der Waals surface area (Å²) in [6.45, 7) is 4.81. The van der Waals surface area contributed by atoms with Gasteiger partial charge in [0.25, 0.3) is 0 Å². The fourth-order valence-corrected chi connectivity index (χ4v) is 6.21. The van der Waals surface area contributed by atoms with E-state index in [1.54, 1.807) is 0 Å². The Balaban J connectivity index is 1.52. The zero-order valence-corrected chi connectivity index (χ0v) is 16.0. The van der Waals surface area contributed by atoms with Gasteiger partial charge in [-0.2, -0.15) is 0 Å². The van der Waals surface area contributed by atoms with Gasteiger partial charge in [-0.3, -0.25) is 10.1 Å². The second-order valence-corrected chi connectivity index (χ2v) is 8.86. The summed E-state index contributed by atoms with van der Waals surface area (Å²) in [7, 11) is 0. The number of fused-ring (bicyclic) bond motifs is 5. The molecule has 0 radical (unpaired) electrons. The number of hydrogen-bond donors (Lipinski definition) is 2. The quantitative estimate of drug-likeness (QED) is 0.491. The lowest BCUT2D eigenvalue weighted by Crippen LogP contribution is -2.41. The predicted molar refractivity (Wildman–Crippen MR) is 101 cm³/mol. The Morgan fingerprint density at radius 1 is 1.31 bits per heavy atom. The van der Waals surface area contributed by atoms with Gasteiger partial charge in [0.05, 0.1) is 13.3 Å². The average molecular weight is 357 g/mol. The molecule has 0 aliphatic heterocycles. The van der Waals surface area contributed by atoms with Crippen molar-refractivity contribution in [2.24, 2.45) is 23.2 Å². The maximum Gasteiger partial charge on any atom is 0.325 e. The van der Waals surface area contributed by atoms with Crippen LogP contribution in [0.15, 0.2) is 18.2 Å². The molecule has 4 nitrogen and oxygen atoms in total. The van der Waals surface area contributed by atoms with Gasteiger partial charge in [0.1, 0.15) is 5.75 Å². The van der Waals surface area contributed by atoms with E-state index < -0.39 is 0 Å². The van der Waals surface area contributed by atoms with Crippen LogP contribution in [-0.2, 0) is 11.2 Å². The van der Waals surface area contributed by atoms with Gasteiger partial charge in [0.2, 0.25) is 0 Å². The highest BCUT2D eigenvalue weighted by Crippen LogP contribution is 2.62. The number of aryl methyl sites for hydroxylation is 1. The third-order valence-electron chi connectivity index (χ3n) is 7.78. The number of ether oxygens (including phenoxy) is 1. The molecule has 2 N–H and O–H groups in total. The summed E-state index contributed by atoms with van der Waals surface area (Å²) in [5.74, 6) is 3.52. The zero-order valence-electron chi connectivity index (χ0n) is 16.0. The van der Waals surface area contributed by atoms with Crippen LogP contribution in [-0.4, -0.2) is 24.4 Å². The van der Waals surface area contributed by atoms with Crippen molar-refractivity contribution in [1.82, 2.24) is 5.32 Å². The summed E-state index contributed by atoms with van der Waals surface area (Å²) in [4.78, 5) is 11.8. The SMILES string of the molecule is C[C@H]1CCC2C3CCc4cc(OC(=O)CNCO)ccc4C3CCC21C. The molecule has 0 spiro atoms. The summed E-state index contributed by atoms with van der Waals surface area (Å²) in [5.41, 5.74) is 3.41. The normalized spacial score (nSPS) is 35.3. The maximum absolute atomic E-state index is 11.8. The first kappa shape index (κ1) is 18.0. The van der Waals surface area contributed by atoms with E-state index in [2.05, 4.69) is 31.3 Å². The number of nitrogens with one attached hydrogen (secondary N) is 1. The molecule has 0 bridgehead atoms. The predicted octanol–water partition coefficient (Wildman–Crippen LogP) is 3.62. The first-order valence-corrected chi connectivity index (χ1v) is 10.2. The number of aliphatic hydroxyl groups is 1. The van der Waals surface area contributed by atoms with Crippen LogP contribution in [0.25, 0.3) is 0 Å². The van der Waals surface area contributed by atoms with Crippen LogP contribution in [0.4, 0.5) is 0 Å². The van der Waals surface area contributed by atoms with Crippen LogP contribution < -0.4 is 10.1 Å². The number of aliphatic hydroxyl groups excluding tert-OH is 1. The molecular weight excluding hydrogens is 326 g/mol. The summed E-state index contributed by atoms with van der Waals surface area (Å²) < 4.78 is 5.41. The van der Waals surface area contributed by atoms with Gasteiger partial charge in [-0.05, 0) is 90.9 Å². The average Bonchev–Trinajstić information content (AvgIpc) is 2.94. The van der Waals surface area contributed by atoms with E-state index in [1.807, 2.05) is 6.07 Å². The van der Waals surface area contributed by atoms with Crippen molar-refractivity contribution in [3.8, 4) is 5.75 Å². The summed E-state index contributed by atoms with van der Waals surface area (Å²) in [5, 5.41) is 11.3. The van der Waals surface area contributed by atoms with Crippen molar-refractivity contribution in [2.75, 3.05) is 13.3 Å². The van der Waals surface area contributed by atoms with Crippen molar-refractivity contribution in [1.29, 1.82) is 0 Å². The first-order valence-electron chi connectivity index (χ1n) is 10.2. The minimum absolute atomic E-state index is 0.0245. The lowest BCUT2D eigenvalue weighted by Gasteiger charge is -2.50. The van der Waals surface area contributed by atoms with Crippen molar-refractivity contribution in [3.05, 3.63) is 29.3 Å². The zero-order chi connectivity index (χ0) is 18.3. The molecule has 3 aliphatic rings. The first-order chi connectivity index (χ1) is 12.5. The third-order valence-corrected chi connectivity index (χ3v) is 7.78. The molecule has 4 heteroatoms. The largest absolute Gasteiger partial charge is 0.426 e. The number of hydrogen-bond acceptors (Lipinski definition) is 4. The van der Waals surface area contributed by atoms with Crippen LogP contribution in [0.1, 0.15) is 63.0 Å². The standard InChI is InChI=1S/C22H31NO3/c1-14-3-8-20-19-6-4-15-11-16(26-21(25)12-23-13-24)5-7-17(15)18(19)9-10-22(14,20)2/h5,7,11,14,18-20,23-24H,3-4,6,8-10,12-13H2,1-2H3/t14-,18?,19?,20?,22?/m0/s1. The molecule has 0 heterocycles.